The van der Waals surface area contributed by atoms with Crippen molar-refractivity contribution in [3.8, 4) is 0 Å². The van der Waals surface area contributed by atoms with Crippen molar-refractivity contribution in [3.05, 3.63) is 41.8 Å². The molecular weight excluding hydrogens is 350 g/mol. The van der Waals surface area contributed by atoms with E-state index in [1.807, 2.05) is 0 Å². The van der Waals surface area contributed by atoms with Crippen molar-refractivity contribution >= 4 is 20.0 Å². The van der Waals surface area contributed by atoms with Gasteiger partial charge >= 0.3 is 0 Å². The molecule has 0 radical (unpaired) electrons. The maximum Gasteiger partial charge on any atom is 0.246 e. The highest BCUT2D eigenvalue weighted by molar-refractivity contribution is 7.92. The highest BCUT2D eigenvalue weighted by atomic mass is 32.2. The third-order valence-corrected chi connectivity index (χ3v) is 6.47. The van der Waals surface area contributed by atoms with Gasteiger partial charge in [0, 0.05) is 25.0 Å². The van der Waals surface area contributed by atoms with Crippen molar-refractivity contribution in [2.24, 2.45) is 5.92 Å². The first-order valence-corrected chi connectivity index (χ1v) is 9.72. The first-order chi connectivity index (χ1) is 10.7. The highest BCUT2D eigenvalue weighted by Gasteiger charge is 2.35. The molecule has 0 amide bonds. The molecule has 10 heteroatoms. The maximum absolute atomic E-state index is 13.7. The average Bonchev–Trinajstić information content (AvgIpc) is 2.98. The Hall–Kier alpha value is -1.36. The SMILES string of the molecule is C=CS(=O)(=O)NCC1CCN(S(=O)(=O)c2cccc(F)c2F)C1. The second kappa shape index (κ2) is 6.63. The molecule has 6 nitrogen and oxygen atoms in total. The summed E-state index contributed by atoms with van der Waals surface area (Å²) in [6.07, 6.45) is 0.413. The van der Waals surface area contributed by atoms with Crippen LogP contribution in [0.1, 0.15) is 6.42 Å². The van der Waals surface area contributed by atoms with Crippen molar-refractivity contribution in [1.29, 1.82) is 0 Å². The van der Waals surface area contributed by atoms with E-state index < -0.39 is 36.6 Å². The second-order valence-electron chi connectivity index (χ2n) is 5.13. The molecule has 1 atom stereocenters. The molecule has 1 N–H and O–H groups in total. The van der Waals surface area contributed by atoms with Gasteiger partial charge in [0.05, 0.1) is 0 Å². The van der Waals surface area contributed by atoms with E-state index in [9.17, 15) is 25.6 Å². The third-order valence-electron chi connectivity index (χ3n) is 3.58. The standard InChI is InChI=1S/C13H16F2N2O4S2/c1-2-22(18,19)16-8-10-6-7-17(9-10)23(20,21)12-5-3-4-11(14)13(12)15/h2-5,10,16H,1,6-9H2. The fourth-order valence-electron chi connectivity index (χ4n) is 2.30. The van der Waals surface area contributed by atoms with Gasteiger partial charge in [-0.05, 0) is 24.5 Å². The van der Waals surface area contributed by atoms with Gasteiger partial charge in [-0.1, -0.05) is 12.6 Å². The van der Waals surface area contributed by atoms with Gasteiger partial charge in [-0.15, -0.1) is 0 Å². The van der Waals surface area contributed by atoms with Gasteiger partial charge in [0.15, 0.2) is 11.6 Å². The van der Waals surface area contributed by atoms with Crippen LogP contribution >= 0.6 is 0 Å². The molecular formula is C13H16F2N2O4S2. The number of nitrogens with zero attached hydrogens (tertiary/aromatic N) is 1. The normalized spacial score (nSPS) is 19.8. The largest absolute Gasteiger partial charge is 0.246 e. The Morgan fingerprint density at radius 2 is 2.00 bits per heavy atom. The number of benzene rings is 1. The first kappa shape index (κ1) is 18.0. The zero-order valence-corrected chi connectivity index (χ0v) is 13.7. The van der Waals surface area contributed by atoms with Crippen molar-refractivity contribution in [3.63, 3.8) is 0 Å². The third kappa shape index (κ3) is 3.94. The predicted molar refractivity (Wildman–Crippen MR) is 80.3 cm³/mol. The van der Waals surface area contributed by atoms with E-state index in [-0.39, 0.29) is 25.6 Å². The lowest BCUT2D eigenvalue weighted by molar-refractivity contribution is 0.440. The van der Waals surface area contributed by atoms with Gasteiger partial charge in [-0.2, -0.15) is 4.31 Å². The molecule has 1 aromatic carbocycles. The van der Waals surface area contributed by atoms with E-state index in [0.717, 1.165) is 27.9 Å². The van der Waals surface area contributed by atoms with E-state index in [0.29, 0.717) is 6.42 Å². The lowest BCUT2D eigenvalue weighted by atomic mass is 10.1. The molecule has 1 aliphatic heterocycles. The van der Waals surface area contributed by atoms with E-state index >= 15 is 0 Å². The molecule has 2 rings (SSSR count). The molecule has 1 heterocycles. The number of nitrogens with one attached hydrogen (secondary N) is 1. The van der Waals surface area contributed by atoms with Crippen LogP contribution in [0.25, 0.3) is 0 Å². The number of hydrogen-bond acceptors (Lipinski definition) is 4. The summed E-state index contributed by atoms with van der Waals surface area (Å²) in [6.45, 7) is 3.34. The van der Waals surface area contributed by atoms with E-state index in [1.165, 1.54) is 0 Å². The zero-order valence-electron chi connectivity index (χ0n) is 12.1. The zero-order chi connectivity index (χ0) is 17.3. The minimum Gasteiger partial charge on any atom is -0.211 e. The Morgan fingerprint density at radius 1 is 1.30 bits per heavy atom. The fraction of sp³-hybridized carbons (Fsp3) is 0.385. The van der Waals surface area contributed by atoms with Crippen molar-refractivity contribution in [2.75, 3.05) is 19.6 Å². The molecule has 1 saturated heterocycles. The molecule has 0 spiro atoms. The van der Waals surface area contributed by atoms with Crippen LogP contribution in [0.3, 0.4) is 0 Å². The van der Waals surface area contributed by atoms with Crippen molar-refractivity contribution < 1.29 is 25.6 Å². The Labute approximate surface area is 133 Å². The molecule has 0 aromatic heterocycles. The van der Waals surface area contributed by atoms with Crippen LogP contribution in [0.4, 0.5) is 8.78 Å². The summed E-state index contributed by atoms with van der Waals surface area (Å²) in [5.41, 5.74) is 0. The number of sulfonamides is 2. The smallest absolute Gasteiger partial charge is 0.211 e. The summed E-state index contributed by atoms with van der Waals surface area (Å²) in [4.78, 5) is -0.718. The van der Waals surface area contributed by atoms with Crippen LogP contribution in [-0.2, 0) is 20.0 Å². The summed E-state index contributed by atoms with van der Waals surface area (Å²) in [5.74, 6) is -2.90. The Bertz CT molecular complexity index is 809. The molecule has 1 aromatic rings. The monoisotopic (exact) mass is 366 g/mol. The van der Waals surface area contributed by atoms with E-state index in [4.69, 9.17) is 0 Å². The average molecular weight is 366 g/mol. The Morgan fingerprint density at radius 3 is 2.65 bits per heavy atom. The van der Waals surface area contributed by atoms with Gasteiger partial charge in [0.2, 0.25) is 20.0 Å². The quantitative estimate of drug-likeness (QED) is 0.815. The minimum absolute atomic E-state index is 0.0257. The summed E-state index contributed by atoms with van der Waals surface area (Å²) in [6, 6.07) is 2.96. The Balaban J connectivity index is 2.11. The van der Waals surface area contributed by atoms with E-state index in [2.05, 4.69) is 11.3 Å². The van der Waals surface area contributed by atoms with Crippen LogP contribution in [0.2, 0.25) is 0 Å². The topological polar surface area (TPSA) is 83.6 Å². The van der Waals surface area contributed by atoms with Crippen LogP contribution in [0.5, 0.6) is 0 Å². The highest BCUT2D eigenvalue weighted by Crippen LogP contribution is 2.26. The van der Waals surface area contributed by atoms with Crippen LogP contribution in [-0.4, -0.2) is 40.8 Å². The lowest BCUT2D eigenvalue weighted by Gasteiger charge is -2.17. The fourth-order valence-corrected chi connectivity index (χ4v) is 4.49. The van der Waals surface area contributed by atoms with Gasteiger partial charge in [0.25, 0.3) is 0 Å². The maximum atomic E-state index is 13.7. The molecule has 23 heavy (non-hydrogen) atoms. The summed E-state index contributed by atoms with van der Waals surface area (Å²) in [7, 11) is -7.75. The number of rotatable bonds is 6. The molecule has 1 unspecified atom stereocenters. The molecule has 0 saturated carbocycles. The lowest BCUT2D eigenvalue weighted by Crippen LogP contribution is -2.32. The first-order valence-electron chi connectivity index (χ1n) is 6.73. The predicted octanol–water partition coefficient (Wildman–Crippen LogP) is 1.04. The molecule has 0 bridgehead atoms. The second-order valence-corrected chi connectivity index (χ2v) is 8.75. The summed E-state index contributed by atoms with van der Waals surface area (Å²) in [5, 5.41) is 0.762. The molecule has 128 valence electrons. The van der Waals surface area contributed by atoms with Crippen LogP contribution < -0.4 is 4.72 Å². The Kier molecular flexibility index (Phi) is 5.19. The van der Waals surface area contributed by atoms with Crippen molar-refractivity contribution in [2.45, 2.75) is 11.3 Å². The van der Waals surface area contributed by atoms with Crippen molar-refractivity contribution in [1.82, 2.24) is 9.03 Å². The van der Waals surface area contributed by atoms with Gasteiger partial charge in [-0.25, -0.2) is 30.3 Å². The summed E-state index contributed by atoms with van der Waals surface area (Å²) < 4.78 is 77.6. The summed E-state index contributed by atoms with van der Waals surface area (Å²) >= 11 is 0. The van der Waals surface area contributed by atoms with Gasteiger partial charge in [0.1, 0.15) is 4.90 Å². The van der Waals surface area contributed by atoms with Gasteiger partial charge < -0.3 is 0 Å². The molecule has 1 aliphatic rings. The van der Waals surface area contributed by atoms with Crippen LogP contribution in [0, 0.1) is 17.6 Å². The van der Waals surface area contributed by atoms with E-state index in [1.54, 1.807) is 0 Å². The number of hydrogen-bond donors (Lipinski definition) is 1. The minimum atomic E-state index is -4.16. The van der Waals surface area contributed by atoms with Crippen LogP contribution in [0.15, 0.2) is 35.1 Å². The number of halogens is 2. The molecule has 1 fully saturated rings. The van der Waals surface area contributed by atoms with Gasteiger partial charge in [-0.3, -0.25) is 0 Å². The molecule has 0 aliphatic carbocycles.